The van der Waals surface area contributed by atoms with E-state index < -0.39 is 5.97 Å². The Morgan fingerprint density at radius 1 is 1.11 bits per heavy atom. The lowest BCUT2D eigenvalue weighted by atomic mass is 10.1. The summed E-state index contributed by atoms with van der Waals surface area (Å²) < 4.78 is 6.67. The van der Waals surface area contributed by atoms with Gasteiger partial charge >= 0.3 is 5.97 Å². The zero-order valence-electron chi connectivity index (χ0n) is 10.2. The van der Waals surface area contributed by atoms with E-state index in [4.69, 9.17) is 9.84 Å². The van der Waals surface area contributed by atoms with Crippen LogP contribution in [0, 0.1) is 0 Å². The fourth-order valence-electron chi connectivity index (χ4n) is 1.65. The lowest BCUT2D eigenvalue weighted by Crippen LogP contribution is -2.00. The van der Waals surface area contributed by atoms with Crippen molar-refractivity contribution in [2.24, 2.45) is 0 Å². The molecule has 0 saturated carbocycles. The Hall–Kier alpha value is -1.81. The fraction of sp³-hybridized carbons (Fsp3) is 0.133. The first-order valence-corrected chi connectivity index (χ1v) is 6.61. The highest BCUT2D eigenvalue weighted by molar-refractivity contribution is 9.10. The maximum absolute atomic E-state index is 10.6. The van der Waals surface area contributed by atoms with Crippen molar-refractivity contribution in [3.8, 4) is 5.75 Å². The third-order valence-electron chi connectivity index (χ3n) is 2.63. The molecule has 2 aromatic rings. The zero-order chi connectivity index (χ0) is 13.7. The number of carboxylic acids is 1. The topological polar surface area (TPSA) is 46.5 Å². The minimum absolute atomic E-state index is 0.0323. The molecule has 0 aliphatic heterocycles. The van der Waals surface area contributed by atoms with E-state index in [1.807, 2.05) is 24.3 Å². The van der Waals surface area contributed by atoms with Gasteiger partial charge in [0.1, 0.15) is 12.4 Å². The first-order chi connectivity index (χ1) is 9.15. The quantitative estimate of drug-likeness (QED) is 0.914. The van der Waals surface area contributed by atoms with Gasteiger partial charge in [-0.05, 0) is 23.8 Å². The summed E-state index contributed by atoms with van der Waals surface area (Å²) in [6, 6.07) is 15.0. The number of carboxylic acid groups (broad SMARTS) is 1. The smallest absolute Gasteiger partial charge is 0.307 e. The van der Waals surface area contributed by atoms with Crippen molar-refractivity contribution >= 4 is 21.9 Å². The highest BCUT2D eigenvalue weighted by Crippen LogP contribution is 2.19. The maximum atomic E-state index is 10.6. The molecular weight excluding hydrogens is 308 g/mol. The van der Waals surface area contributed by atoms with Crippen molar-refractivity contribution in [3.63, 3.8) is 0 Å². The third kappa shape index (κ3) is 4.10. The van der Waals surface area contributed by atoms with E-state index in [1.54, 1.807) is 24.3 Å². The molecule has 0 bridgehead atoms. The van der Waals surface area contributed by atoms with E-state index in [0.717, 1.165) is 21.3 Å². The lowest BCUT2D eigenvalue weighted by molar-refractivity contribution is -0.136. The van der Waals surface area contributed by atoms with Crippen molar-refractivity contribution in [2.75, 3.05) is 0 Å². The highest BCUT2D eigenvalue weighted by atomic mass is 79.9. The van der Waals surface area contributed by atoms with Crippen LogP contribution >= 0.6 is 15.9 Å². The van der Waals surface area contributed by atoms with Gasteiger partial charge in [-0.25, -0.2) is 0 Å². The normalized spacial score (nSPS) is 10.2. The number of rotatable bonds is 5. The van der Waals surface area contributed by atoms with Gasteiger partial charge in [0, 0.05) is 10.0 Å². The van der Waals surface area contributed by atoms with Crippen LogP contribution in [0.5, 0.6) is 5.75 Å². The van der Waals surface area contributed by atoms with Gasteiger partial charge in [0.25, 0.3) is 0 Å². The lowest BCUT2D eigenvalue weighted by Gasteiger charge is -2.08. The molecule has 0 spiro atoms. The number of carbonyl (C=O) groups is 1. The molecular formula is C15H13BrO3. The summed E-state index contributed by atoms with van der Waals surface area (Å²) in [6.45, 7) is 0.472. The predicted molar refractivity (Wildman–Crippen MR) is 76.3 cm³/mol. The number of aliphatic carboxylic acids is 1. The molecule has 0 fully saturated rings. The molecule has 2 rings (SSSR count). The second-order valence-electron chi connectivity index (χ2n) is 4.09. The molecule has 0 amide bonds. The predicted octanol–water partition coefficient (Wildman–Crippen LogP) is 3.66. The van der Waals surface area contributed by atoms with Crippen molar-refractivity contribution in [1.29, 1.82) is 0 Å². The molecule has 0 aliphatic rings. The Bertz CT molecular complexity index is 564. The van der Waals surface area contributed by atoms with Crippen LogP contribution in [0.25, 0.3) is 0 Å². The molecule has 2 aromatic carbocycles. The molecule has 0 aromatic heterocycles. The standard InChI is InChI=1S/C15H13BrO3/c16-14-4-2-1-3-12(14)10-19-13-7-5-11(6-8-13)9-15(17)18/h1-8H,9-10H2,(H,17,18). The summed E-state index contributed by atoms with van der Waals surface area (Å²) in [4.78, 5) is 10.6. The summed E-state index contributed by atoms with van der Waals surface area (Å²) in [7, 11) is 0. The Balaban J connectivity index is 1.97. The van der Waals surface area contributed by atoms with Crippen molar-refractivity contribution < 1.29 is 14.6 Å². The summed E-state index contributed by atoms with van der Waals surface area (Å²) in [6.07, 6.45) is 0.0323. The molecule has 0 saturated heterocycles. The van der Waals surface area contributed by atoms with E-state index in [1.165, 1.54) is 0 Å². The molecule has 1 N–H and O–H groups in total. The maximum Gasteiger partial charge on any atom is 0.307 e. The van der Waals surface area contributed by atoms with Gasteiger partial charge in [0.2, 0.25) is 0 Å². The number of hydrogen-bond donors (Lipinski definition) is 1. The van der Waals surface area contributed by atoms with Crippen LogP contribution < -0.4 is 4.74 Å². The van der Waals surface area contributed by atoms with Crippen LogP contribution in [0.1, 0.15) is 11.1 Å². The Kier molecular flexibility index (Phi) is 4.58. The second kappa shape index (κ2) is 6.38. The number of benzene rings is 2. The van der Waals surface area contributed by atoms with E-state index in [-0.39, 0.29) is 6.42 Å². The number of ether oxygens (including phenoxy) is 1. The first kappa shape index (κ1) is 13.6. The first-order valence-electron chi connectivity index (χ1n) is 5.82. The summed E-state index contributed by atoms with van der Waals surface area (Å²) >= 11 is 3.46. The Morgan fingerprint density at radius 3 is 2.42 bits per heavy atom. The van der Waals surface area contributed by atoms with Crippen LogP contribution in [0.2, 0.25) is 0 Å². The summed E-state index contributed by atoms with van der Waals surface area (Å²) in [5.74, 6) is -0.105. The monoisotopic (exact) mass is 320 g/mol. The molecule has 0 aliphatic carbocycles. The van der Waals surface area contributed by atoms with Crippen molar-refractivity contribution in [2.45, 2.75) is 13.0 Å². The third-order valence-corrected chi connectivity index (χ3v) is 3.40. The van der Waals surface area contributed by atoms with Gasteiger partial charge in [0.05, 0.1) is 6.42 Å². The summed E-state index contributed by atoms with van der Waals surface area (Å²) in [5, 5.41) is 8.68. The molecule has 3 nitrogen and oxygen atoms in total. The Morgan fingerprint density at radius 2 is 1.79 bits per heavy atom. The highest BCUT2D eigenvalue weighted by Gasteiger charge is 2.02. The largest absolute Gasteiger partial charge is 0.489 e. The molecule has 4 heteroatoms. The minimum atomic E-state index is -0.832. The van der Waals surface area contributed by atoms with E-state index in [2.05, 4.69) is 15.9 Å². The second-order valence-corrected chi connectivity index (χ2v) is 4.95. The van der Waals surface area contributed by atoms with Crippen LogP contribution in [0.3, 0.4) is 0 Å². The van der Waals surface area contributed by atoms with E-state index >= 15 is 0 Å². The SMILES string of the molecule is O=C(O)Cc1ccc(OCc2ccccc2Br)cc1. The molecule has 98 valence electrons. The van der Waals surface area contributed by atoms with Crippen LogP contribution in [0.15, 0.2) is 53.0 Å². The molecule has 0 radical (unpaired) electrons. The van der Waals surface area contributed by atoms with Crippen LogP contribution in [0.4, 0.5) is 0 Å². The average molecular weight is 321 g/mol. The zero-order valence-corrected chi connectivity index (χ0v) is 11.8. The van der Waals surface area contributed by atoms with Crippen LogP contribution in [-0.4, -0.2) is 11.1 Å². The fourth-order valence-corrected chi connectivity index (χ4v) is 2.05. The van der Waals surface area contributed by atoms with E-state index in [9.17, 15) is 4.79 Å². The molecule has 0 heterocycles. The van der Waals surface area contributed by atoms with Crippen molar-refractivity contribution in [3.05, 3.63) is 64.1 Å². The molecule has 19 heavy (non-hydrogen) atoms. The minimum Gasteiger partial charge on any atom is -0.489 e. The van der Waals surface area contributed by atoms with Gasteiger partial charge in [0.15, 0.2) is 0 Å². The van der Waals surface area contributed by atoms with Gasteiger partial charge < -0.3 is 9.84 Å². The van der Waals surface area contributed by atoms with Crippen LogP contribution in [-0.2, 0) is 17.8 Å². The molecule has 0 unspecified atom stereocenters. The summed E-state index contributed by atoms with van der Waals surface area (Å²) in [5.41, 5.74) is 1.83. The van der Waals surface area contributed by atoms with E-state index in [0.29, 0.717) is 6.61 Å². The van der Waals surface area contributed by atoms with Gasteiger partial charge in [-0.1, -0.05) is 46.3 Å². The van der Waals surface area contributed by atoms with Gasteiger partial charge in [-0.3, -0.25) is 4.79 Å². The molecule has 0 atom stereocenters. The van der Waals surface area contributed by atoms with Gasteiger partial charge in [-0.2, -0.15) is 0 Å². The Labute approximate surface area is 120 Å². The van der Waals surface area contributed by atoms with Crippen molar-refractivity contribution in [1.82, 2.24) is 0 Å². The number of halogens is 1. The average Bonchev–Trinajstić information content (AvgIpc) is 2.39. The number of hydrogen-bond acceptors (Lipinski definition) is 2. The van der Waals surface area contributed by atoms with Gasteiger partial charge in [-0.15, -0.1) is 0 Å².